The number of carbonyl (C=O) groups excluding carboxylic acids is 2. The number of esters is 1. The van der Waals surface area contributed by atoms with E-state index in [2.05, 4.69) is 37.7 Å². The van der Waals surface area contributed by atoms with Crippen molar-refractivity contribution in [3.05, 3.63) is 23.8 Å². The summed E-state index contributed by atoms with van der Waals surface area (Å²) < 4.78 is 4.56. The molecule has 0 saturated heterocycles. The fourth-order valence-electron chi connectivity index (χ4n) is 6.28. The predicted molar refractivity (Wildman–Crippen MR) is 124 cm³/mol. The Morgan fingerprint density at radius 1 is 1.19 bits per heavy atom. The number of amides is 1. The number of rotatable bonds is 6. The molecule has 2 aliphatic rings. The van der Waals surface area contributed by atoms with E-state index < -0.39 is 11.9 Å². The van der Waals surface area contributed by atoms with E-state index in [0.717, 1.165) is 16.6 Å². The molecule has 6 heteroatoms. The van der Waals surface area contributed by atoms with Crippen molar-refractivity contribution in [2.75, 3.05) is 19.4 Å². The number of aromatic hydroxyl groups is 1. The zero-order valence-electron chi connectivity index (χ0n) is 19.5. The minimum absolute atomic E-state index is 0.0628. The quantitative estimate of drug-likeness (QED) is 0.459. The standard InChI is InChI=1S/C25H37NO4S/c1-16-7-8-21-24(2,3)9-6-10-25(21,4)20(16)15-31-19-12-17(11-18(27)13-19)23(29)26-14-22(28)30-5/h11-13,16,20-21,27H,6-10,14-15H2,1-5H3,(H,26,29). The number of phenolic OH excluding ortho intramolecular Hbond substituents is 1. The van der Waals surface area contributed by atoms with Crippen molar-refractivity contribution >= 4 is 23.6 Å². The zero-order chi connectivity index (χ0) is 22.8. The molecule has 2 aliphatic carbocycles. The van der Waals surface area contributed by atoms with Gasteiger partial charge in [0.1, 0.15) is 12.3 Å². The van der Waals surface area contributed by atoms with Crippen molar-refractivity contribution in [1.29, 1.82) is 0 Å². The summed E-state index contributed by atoms with van der Waals surface area (Å²) in [7, 11) is 1.28. The largest absolute Gasteiger partial charge is 0.508 e. The SMILES string of the molecule is COC(=O)CNC(=O)c1cc(O)cc(SCC2C(C)CCC3C(C)(C)CCCC23C)c1. The first kappa shape index (κ1) is 24.0. The van der Waals surface area contributed by atoms with E-state index in [1.54, 1.807) is 23.9 Å². The number of methoxy groups -OCH3 is 1. The second-order valence-electron chi connectivity index (χ2n) is 10.3. The highest BCUT2D eigenvalue weighted by Crippen LogP contribution is 2.61. The van der Waals surface area contributed by atoms with Crippen molar-refractivity contribution < 1.29 is 19.4 Å². The molecule has 4 atom stereocenters. The van der Waals surface area contributed by atoms with E-state index >= 15 is 0 Å². The van der Waals surface area contributed by atoms with Gasteiger partial charge in [0.2, 0.25) is 0 Å². The van der Waals surface area contributed by atoms with Gasteiger partial charge < -0.3 is 15.2 Å². The van der Waals surface area contributed by atoms with E-state index in [1.807, 2.05) is 0 Å². The fourth-order valence-corrected chi connectivity index (χ4v) is 7.77. The Morgan fingerprint density at radius 2 is 1.94 bits per heavy atom. The second-order valence-corrected chi connectivity index (χ2v) is 11.4. The van der Waals surface area contributed by atoms with Gasteiger partial charge in [-0.05, 0) is 66.0 Å². The molecule has 2 N–H and O–H groups in total. The predicted octanol–water partition coefficient (Wildman–Crippen LogP) is 5.27. The lowest BCUT2D eigenvalue weighted by molar-refractivity contribution is -0.139. The van der Waals surface area contributed by atoms with Crippen LogP contribution in [0.1, 0.15) is 70.2 Å². The van der Waals surface area contributed by atoms with Crippen LogP contribution in [-0.2, 0) is 9.53 Å². The number of hydrogen-bond acceptors (Lipinski definition) is 5. The first-order valence-electron chi connectivity index (χ1n) is 11.4. The Kier molecular flexibility index (Phi) is 7.29. The van der Waals surface area contributed by atoms with Crippen LogP contribution in [0.15, 0.2) is 23.1 Å². The van der Waals surface area contributed by atoms with Gasteiger partial charge in [-0.3, -0.25) is 9.59 Å². The lowest BCUT2D eigenvalue weighted by atomic mass is 9.47. The summed E-state index contributed by atoms with van der Waals surface area (Å²) in [4.78, 5) is 24.6. The van der Waals surface area contributed by atoms with Gasteiger partial charge >= 0.3 is 5.97 Å². The molecule has 0 aromatic heterocycles. The second kappa shape index (κ2) is 9.43. The van der Waals surface area contributed by atoms with Crippen LogP contribution >= 0.6 is 11.8 Å². The topological polar surface area (TPSA) is 75.6 Å². The van der Waals surface area contributed by atoms with Gasteiger partial charge in [-0.2, -0.15) is 0 Å². The molecule has 4 unspecified atom stereocenters. The van der Waals surface area contributed by atoms with Gasteiger partial charge in [0.05, 0.1) is 7.11 Å². The van der Waals surface area contributed by atoms with Crippen molar-refractivity contribution in [3.8, 4) is 5.75 Å². The Bertz CT molecular complexity index is 824. The van der Waals surface area contributed by atoms with Crippen LogP contribution in [0.25, 0.3) is 0 Å². The molecule has 5 nitrogen and oxygen atoms in total. The summed E-state index contributed by atoms with van der Waals surface area (Å²) in [6, 6.07) is 4.95. The van der Waals surface area contributed by atoms with E-state index in [1.165, 1.54) is 45.3 Å². The number of nitrogens with one attached hydrogen (secondary N) is 1. The average molecular weight is 448 g/mol. The number of fused-ring (bicyclic) bond motifs is 1. The maximum absolute atomic E-state index is 12.4. The lowest BCUT2D eigenvalue weighted by Crippen LogP contribution is -2.51. The molecular weight excluding hydrogens is 410 g/mol. The molecule has 0 aliphatic heterocycles. The monoisotopic (exact) mass is 447 g/mol. The Morgan fingerprint density at radius 3 is 2.65 bits per heavy atom. The molecular formula is C25H37NO4S. The third-order valence-electron chi connectivity index (χ3n) is 7.92. The summed E-state index contributed by atoms with van der Waals surface area (Å²) in [6.07, 6.45) is 6.50. The van der Waals surface area contributed by atoms with E-state index in [0.29, 0.717) is 28.2 Å². The summed E-state index contributed by atoms with van der Waals surface area (Å²) in [5, 5.41) is 12.7. The molecule has 1 amide bonds. The Hall–Kier alpha value is -1.69. The highest BCUT2D eigenvalue weighted by atomic mass is 32.2. The number of ether oxygens (including phenoxy) is 1. The van der Waals surface area contributed by atoms with E-state index in [-0.39, 0.29) is 12.3 Å². The number of carbonyl (C=O) groups is 2. The van der Waals surface area contributed by atoms with Gasteiger partial charge in [0, 0.05) is 16.2 Å². The van der Waals surface area contributed by atoms with Crippen LogP contribution in [0, 0.1) is 28.6 Å². The first-order valence-corrected chi connectivity index (χ1v) is 12.4. The van der Waals surface area contributed by atoms with Gasteiger partial charge in [-0.1, -0.05) is 40.5 Å². The number of benzene rings is 1. The first-order chi connectivity index (χ1) is 14.6. The molecule has 31 heavy (non-hydrogen) atoms. The number of thioether (sulfide) groups is 1. The summed E-state index contributed by atoms with van der Waals surface area (Å²) >= 11 is 1.73. The molecule has 0 bridgehead atoms. The van der Waals surface area contributed by atoms with Crippen molar-refractivity contribution in [2.45, 2.75) is 64.7 Å². The minimum Gasteiger partial charge on any atom is -0.508 e. The van der Waals surface area contributed by atoms with Crippen molar-refractivity contribution in [1.82, 2.24) is 5.32 Å². The molecule has 2 saturated carbocycles. The van der Waals surface area contributed by atoms with Crippen LogP contribution in [0.3, 0.4) is 0 Å². The maximum Gasteiger partial charge on any atom is 0.325 e. The molecule has 1 aromatic rings. The smallest absolute Gasteiger partial charge is 0.325 e. The summed E-state index contributed by atoms with van der Waals surface area (Å²) in [5.74, 6) is 2.17. The minimum atomic E-state index is -0.507. The van der Waals surface area contributed by atoms with Crippen LogP contribution in [0.5, 0.6) is 5.75 Å². The fraction of sp³-hybridized carbons (Fsp3) is 0.680. The molecule has 172 valence electrons. The molecule has 1 aromatic carbocycles. The van der Waals surface area contributed by atoms with E-state index in [9.17, 15) is 14.7 Å². The molecule has 0 heterocycles. The van der Waals surface area contributed by atoms with Crippen LogP contribution in [0.2, 0.25) is 0 Å². The van der Waals surface area contributed by atoms with Gasteiger partial charge in [-0.25, -0.2) is 0 Å². The van der Waals surface area contributed by atoms with Crippen LogP contribution in [-0.4, -0.2) is 36.4 Å². The number of phenols is 1. The van der Waals surface area contributed by atoms with E-state index in [4.69, 9.17) is 0 Å². The normalized spacial score (nSPS) is 29.6. The maximum atomic E-state index is 12.4. The van der Waals surface area contributed by atoms with Gasteiger partial charge in [-0.15, -0.1) is 11.8 Å². The number of hydrogen-bond donors (Lipinski definition) is 2. The molecule has 0 radical (unpaired) electrons. The summed E-state index contributed by atoms with van der Waals surface area (Å²) in [5.41, 5.74) is 1.08. The molecule has 3 rings (SSSR count). The van der Waals surface area contributed by atoms with Crippen LogP contribution in [0.4, 0.5) is 0 Å². The van der Waals surface area contributed by atoms with Crippen molar-refractivity contribution in [2.24, 2.45) is 28.6 Å². The lowest BCUT2D eigenvalue weighted by Gasteiger charge is -2.59. The average Bonchev–Trinajstić information content (AvgIpc) is 2.70. The van der Waals surface area contributed by atoms with Gasteiger partial charge in [0.15, 0.2) is 0 Å². The van der Waals surface area contributed by atoms with Crippen LogP contribution < -0.4 is 5.32 Å². The highest BCUT2D eigenvalue weighted by molar-refractivity contribution is 7.99. The summed E-state index contributed by atoms with van der Waals surface area (Å²) in [6.45, 7) is 9.60. The third-order valence-corrected chi connectivity index (χ3v) is 9.02. The Balaban J connectivity index is 1.73. The Labute approximate surface area is 190 Å². The zero-order valence-corrected chi connectivity index (χ0v) is 20.3. The molecule has 0 spiro atoms. The third kappa shape index (κ3) is 5.21. The van der Waals surface area contributed by atoms with Crippen molar-refractivity contribution in [3.63, 3.8) is 0 Å². The molecule has 2 fully saturated rings. The highest BCUT2D eigenvalue weighted by Gasteiger charge is 2.53. The van der Waals surface area contributed by atoms with Gasteiger partial charge in [0.25, 0.3) is 5.91 Å².